The minimum absolute atomic E-state index is 0.121. The molecule has 4 rings (SSSR count). The Labute approximate surface area is 200 Å². The van der Waals surface area contributed by atoms with Crippen molar-refractivity contribution in [1.82, 2.24) is 19.9 Å². The number of alkyl halides is 3. The van der Waals surface area contributed by atoms with Gasteiger partial charge in [-0.05, 0) is 24.8 Å². The van der Waals surface area contributed by atoms with Crippen molar-refractivity contribution in [2.75, 3.05) is 32.1 Å². The average molecular weight is 493 g/mol. The van der Waals surface area contributed by atoms with Crippen molar-refractivity contribution < 1.29 is 32.2 Å². The van der Waals surface area contributed by atoms with Crippen LogP contribution < -0.4 is 14.4 Å². The second kappa shape index (κ2) is 10.0. The summed E-state index contributed by atoms with van der Waals surface area (Å²) >= 11 is 0. The molecular formula is C23H26F3N5O4. The van der Waals surface area contributed by atoms with E-state index in [0.29, 0.717) is 36.8 Å². The average Bonchev–Trinajstić information content (AvgIpc) is 3.15. The van der Waals surface area contributed by atoms with Crippen LogP contribution in [0.5, 0.6) is 11.6 Å². The maximum Gasteiger partial charge on any atom is 0.422 e. The number of pyridine rings is 1. The lowest BCUT2D eigenvalue weighted by Gasteiger charge is -2.34. The SMILES string of the molecule is CN(C)C(=O)CC1CC(c2ncc(N3CC[C@@H](Oc4ccc(OCC(F)(F)F)nc4)C3=O)cn2)C1. The Bertz CT molecular complexity index is 1040. The number of nitrogens with zero attached hydrogens (tertiary/aromatic N) is 5. The van der Waals surface area contributed by atoms with Crippen molar-refractivity contribution in [2.24, 2.45) is 5.92 Å². The first kappa shape index (κ1) is 24.7. The van der Waals surface area contributed by atoms with E-state index in [0.717, 1.165) is 12.8 Å². The molecule has 0 aromatic carbocycles. The number of hydrogen-bond acceptors (Lipinski definition) is 7. The Hall–Kier alpha value is -3.44. The topological polar surface area (TPSA) is 97.8 Å². The van der Waals surface area contributed by atoms with Crippen molar-refractivity contribution in [2.45, 2.75) is 43.9 Å². The first-order chi connectivity index (χ1) is 16.6. The summed E-state index contributed by atoms with van der Waals surface area (Å²) in [5.74, 6) is 1.19. The molecule has 0 bridgehead atoms. The molecule has 1 aliphatic carbocycles. The van der Waals surface area contributed by atoms with Crippen molar-refractivity contribution >= 4 is 17.5 Å². The second-order valence-corrected chi connectivity index (χ2v) is 8.95. The van der Waals surface area contributed by atoms with Crippen molar-refractivity contribution in [3.05, 3.63) is 36.5 Å². The molecule has 1 saturated heterocycles. The molecule has 1 saturated carbocycles. The van der Waals surface area contributed by atoms with Crippen LogP contribution in [0.3, 0.4) is 0 Å². The monoisotopic (exact) mass is 493 g/mol. The lowest BCUT2D eigenvalue weighted by atomic mass is 9.72. The van der Waals surface area contributed by atoms with Crippen LogP contribution >= 0.6 is 0 Å². The van der Waals surface area contributed by atoms with Crippen LogP contribution in [-0.4, -0.2) is 71.2 Å². The van der Waals surface area contributed by atoms with E-state index in [9.17, 15) is 22.8 Å². The fourth-order valence-corrected chi connectivity index (χ4v) is 4.09. The Morgan fingerprint density at radius 3 is 2.46 bits per heavy atom. The van der Waals surface area contributed by atoms with E-state index in [1.807, 2.05) is 0 Å². The van der Waals surface area contributed by atoms with Crippen LogP contribution in [-0.2, 0) is 9.59 Å². The first-order valence-corrected chi connectivity index (χ1v) is 11.2. The van der Waals surface area contributed by atoms with Gasteiger partial charge in [0.1, 0.15) is 11.6 Å². The van der Waals surface area contributed by atoms with Crippen LogP contribution in [0.25, 0.3) is 0 Å². The molecule has 0 spiro atoms. The molecule has 2 aromatic rings. The van der Waals surface area contributed by atoms with Crippen molar-refractivity contribution in [1.29, 1.82) is 0 Å². The molecule has 2 aliphatic rings. The molecule has 188 valence electrons. The summed E-state index contributed by atoms with van der Waals surface area (Å²) in [4.78, 5) is 40.4. The molecule has 12 heteroatoms. The number of aromatic nitrogens is 3. The zero-order valence-electron chi connectivity index (χ0n) is 19.4. The van der Waals surface area contributed by atoms with Crippen molar-refractivity contribution in [3.8, 4) is 11.6 Å². The van der Waals surface area contributed by atoms with E-state index in [4.69, 9.17) is 4.74 Å². The molecule has 1 aliphatic heterocycles. The lowest BCUT2D eigenvalue weighted by Crippen LogP contribution is -2.33. The Balaban J connectivity index is 1.27. The summed E-state index contributed by atoms with van der Waals surface area (Å²) in [7, 11) is 3.50. The third kappa shape index (κ3) is 6.17. The second-order valence-electron chi connectivity index (χ2n) is 8.95. The van der Waals surface area contributed by atoms with Gasteiger partial charge in [0.2, 0.25) is 11.8 Å². The third-order valence-electron chi connectivity index (χ3n) is 6.06. The quantitative estimate of drug-likeness (QED) is 0.558. The van der Waals surface area contributed by atoms with Crippen LogP contribution in [0.1, 0.15) is 37.4 Å². The molecule has 2 fully saturated rings. The molecule has 1 atom stereocenters. The van der Waals surface area contributed by atoms with Gasteiger partial charge in [-0.15, -0.1) is 0 Å². The molecule has 0 radical (unpaired) electrons. The van der Waals surface area contributed by atoms with Gasteiger partial charge in [-0.25, -0.2) is 15.0 Å². The number of carbonyl (C=O) groups excluding carboxylic acids is 2. The number of halogens is 3. The number of rotatable bonds is 8. The van der Waals surface area contributed by atoms with Crippen LogP contribution in [0.2, 0.25) is 0 Å². The highest BCUT2D eigenvalue weighted by molar-refractivity contribution is 5.98. The highest BCUT2D eigenvalue weighted by Gasteiger charge is 2.36. The third-order valence-corrected chi connectivity index (χ3v) is 6.06. The maximum absolute atomic E-state index is 12.8. The molecule has 9 nitrogen and oxygen atoms in total. The number of anilines is 1. The van der Waals surface area contributed by atoms with Crippen molar-refractivity contribution in [3.63, 3.8) is 0 Å². The van der Waals surface area contributed by atoms with E-state index in [1.165, 1.54) is 18.3 Å². The Morgan fingerprint density at radius 1 is 1.14 bits per heavy atom. The molecule has 3 heterocycles. The van der Waals surface area contributed by atoms with E-state index >= 15 is 0 Å². The van der Waals surface area contributed by atoms with Gasteiger partial charge < -0.3 is 19.3 Å². The number of carbonyl (C=O) groups is 2. The van der Waals surface area contributed by atoms with Gasteiger partial charge in [0.25, 0.3) is 5.91 Å². The van der Waals surface area contributed by atoms with E-state index in [-0.39, 0.29) is 29.4 Å². The lowest BCUT2D eigenvalue weighted by molar-refractivity contribution is -0.154. The van der Waals surface area contributed by atoms with Gasteiger partial charge in [-0.3, -0.25) is 9.59 Å². The van der Waals surface area contributed by atoms with Crippen LogP contribution in [0, 0.1) is 5.92 Å². The first-order valence-electron chi connectivity index (χ1n) is 11.2. The normalized spacial score (nSPS) is 22.0. The number of hydrogen-bond donors (Lipinski definition) is 0. The highest BCUT2D eigenvalue weighted by Crippen LogP contribution is 2.42. The summed E-state index contributed by atoms with van der Waals surface area (Å²) in [5.41, 5.74) is 0.567. The summed E-state index contributed by atoms with van der Waals surface area (Å²) in [6, 6.07) is 2.66. The van der Waals surface area contributed by atoms with Crippen LogP contribution in [0.15, 0.2) is 30.7 Å². The van der Waals surface area contributed by atoms with Crippen LogP contribution in [0.4, 0.5) is 18.9 Å². The number of amides is 2. The van der Waals surface area contributed by atoms with E-state index in [2.05, 4.69) is 19.7 Å². The van der Waals surface area contributed by atoms with Gasteiger partial charge in [0.05, 0.1) is 24.3 Å². The molecular weight excluding hydrogens is 467 g/mol. The standard InChI is InChI=1S/C23H26F3N5O4/c1-30(2)20(32)9-14-7-15(8-14)21-28-10-16(11-29-21)31-6-5-18(22(31)33)35-17-3-4-19(27-12-17)34-13-23(24,25)26/h3-4,10-12,14-15,18H,5-9,13H2,1-2H3/t14?,15?,18-/m1/s1. The van der Waals surface area contributed by atoms with Gasteiger partial charge >= 0.3 is 6.18 Å². The zero-order valence-corrected chi connectivity index (χ0v) is 19.4. The molecule has 2 amide bonds. The minimum atomic E-state index is -4.45. The summed E-state index contributed by atoms with van der Waals surface area (Å²) in [6.07, 6.45) is 1.95. The zero-order chi connectivity index (χ0) is 25.2. The highest BCUT2D eigenvalue weighted by atomic mass is 19.4. The van der Waals surface area contributed by atoms with Gasteiger partial charge in [-0.1, -0.05) is 0 Å². The Morgan fingerprint density at radius 2 is 1.86 bits per heavy atom. The molecule has 0 unspecified atom stereocenters. The minimum Gasteiger partial charge on any atom is -0.479 e. The number of ether oxygens (including phenoxy) is 2. The smallest absolute Gasteiger partial charge is 0.422 e. The predicted molar refractivity (Wildman–Crippen MR) is 118 cm³/mol. The summed E-state index contributed by atoms with van der Waals surface area (Å²) < 4.78 is 46.9. The largest absolute Gasteiger partial charge is 0.479 e. The molecule has 35 heavy (non-hydrogen) atoms. The fourth-order valence-electron chi connectivity index (χ4n) is 4.09. The fraction of sp³-hybridized carbons (Fsp3) is 0.522. The predicted octanol–water partition coefficient (Wildman–Crippen LogP) is 2.97. The maximum atomic E-state index is 12.8. The molecule has 2 aromatic heterocycles. The summed E-state index contributed by atoms with van der Waals surface area (Å²) in [6.45, 7) is -1.01. The summed E-state index contributed by atoms with van der Waals surface area (Å²) in [5, 5.41) is 0. The van der Waals surface area contributed by atoms with E-state index < -0.39 is 18.9 Å². The van der Waals surface area contributed by atoms with Gasteiger partial charge in [0.15, 0.2) is 12.7 Å². The van der Waals surface area contributed by atoms with Gasteiger partial charge in [-0.2, -0.15) is 13.2 Å². The van der Waals surface area contributed by atoms with Gasteiger partial charge in [0, 0.05) is 45.5 Å². The Kier molecular flexibility index (Phi) is 7.08. The molecule has 0 N–H and O–H groups in total. The van der Waals surface area contributed by atoms with E-state index in [1.54, 1.807) is 36.3 Å².